The van der Waals surface area contributed by atoms with E-state index >= 15 is 0 Å². The molecule has 1 aliphatic heterocycles. The van der Waals surface area contributed by atoms with E-state index in [-0.39, 0.29) is 23.7 Å². The highest BCUT2D eigenvalue weighted by Gasteiger charge is 2.23. The normalized spacial score (nSPS) is 20.3. The molecule has 0 spiro atoms. The van der Waals surface area contributed by atoms with Crippen LogP contribution in [0, 0.1) is 5.92 Å². The van der Waals surface area contributed by atoms with Crippen LogP contribution in [0.5, 0.6) is 0 Å². The predicted molar refractivity (Wildman–Crippen MR) is 64.0 cm³/mol. The van der Waals surface area contributed by atoms with Crippen LogP contribution in [0.2, 0.25) is 0 Å². The summed E-state index contributed by atoms with van der Waals surface area (Å²) in [4.78, 5) is 13.8. The molecule has 1 aliphatic rings. The third-order valence-electron chi connectivity index (χ3n) is 2.71. The highest BCUT2D eigenvalue weighted by molar-refractivity contribution is 8.00. The summed E-state index contributed by atoms with van der Waals surface area (Å²) in [5, 5.41) is 8.93. The summed E-state index contributed by atoms with van der Waals surface area (Å²) in [6.45, 7) is 6.03. The maximum absolute atomic E-state index is 11.9. The number of likely N-dealkylation sites (tertiary alicyclic amines) is 1. The predicted octanol–water partition coefficient (Wildman–Crippen LogP) is 1.36. The smallest absolute Gasteiger partial charge is 0.235 e. The second-order valence-corrected chi connectivity index (χ2v) is 5.67. The van der Waals surface area contributed by atoms with Gasteiger partial charge >= 0.3 is 0 Å². The number of rotatable bonds is 5. The highest BCUT2D eigenvalue weighted by atomic mass is 32.2. The lowest BCUT2D eigenvalue weighted by atomic mass is 10.2. The van der Waals surface area contributed by atoms with Gasteiger partial charge in [-0.1, -0.05) is 6.92 Å². The number of aliphatic hydroxyl groups excluding tert-OH is 1. The van der Waals surface area contributed by atoms with Crippen LogP contribution in [-0.2, 0) is 4.79 Å². The molecule has 1 saturated heterocycles. The molecule has 0 aromatic carbocycles. The SMILES string of the molecule is CC(CO)CSC(C)C(=O)N1CCCC1. The minimum Gasteiger partial charge on any atom is -0.396 e. The van der Waals surface area contributed by atoms with Crippen molar-refractivity contribution in [1.29, 1.82) is 0 Å². The van der Waals surface area contributed by atoms with Gasteiger partial charge < -0.3 is 10.0 Å². The summed E-state index contributed by atoms with van der Waals surface area (Å²) >= 11 is 1.65. The van der Waals surface area contributed by atoms with Crippen molar-refractivity contribution in [2.45, 2.75) is 31.9 Å². The van der Waals surface area contributed by atoms with Gasteiger partial charge in [-0.05, 0) is 31.4 Å². The van der Waals surface area contributed by atoms with E-state index in [4.69, 9.17) is 5.11 Å². The van der Waals surface area contributed by atoms with Gasteiger partial charge in [-0.15, -0.1) is 11.8 Å². The van der Waals surface area contributed by atoms with Gasteiger partial charge in [0, 0.05) is 19.7 Å². The van der Waals surface area contributed by atoms with Crippen molar-refractivity contribution in [2.75, 3.05) is 25.4 Å². The fourth-order valence-corrected chi connectivity index (χ4v) is 2.64. The van der Waals surface area contributed by atoms with Crippen molar-refractivity contribution in [3.8, 4) is 0 Å². The lowest BCUT2D eigenvalue weighted by Crippen LogP contribution is -2.34. The number of aliphatic hydroxyl groups is 1. The van der Waals surface area contributed by atoms with Crippen molar-refractivity contribution in [2.24, 2.45) is 5.92 Å². The maximum Gasteiger partial charge on any atom is 0.235 e. The van der Waals surface area contributed by atoms with Gasteiger partial charge in [0.05, 0.1) is 5.25 Å². The molecule has 1 N–H and O–H groups in total. The maximum atomic E-state index is 11.9. The van der Waals surface area contributed by atoms with E-state index in [1.807, 2.05) is 18.7 Å². The molecule has 1 fully saturated rings. The molecule has 0 radical (unpaired) electrons. The first-order valence-electron chi connectivity index (χ1n) is 5.66. The van der Waals surface area contributed by atoms with Crippen LogP contribution in [0.15, 0.2) is 0 Å². The number of hydrogen-bond acceptors (Lipinski definition) is 3. The molecule has 1 heterocycles. The van der Waals surface area contributed by atoms with Crippen molar-refractivity contribution in [3.05, 3.63) is 0 Å². The highest BCUT2D eigenvalue weighted by Crippen LogP contribution is 2.19. The first kappa shape index (κ1) is 12.8. The third kappa shape index (κ3) is 4.03. The molecule has 1 rings (SSSR count). The Labute approximate surface area is 96.2 Å². The van der Waals surface area contributed by atoms with E-state index in [1.165, 1.54) is 0 Å². The zero-order chi connectivity index (χ0) is 11.3. The van der Waals surface area contributed by atoms with Gasteiger partial charge in [0.1, 0.15) is 0 Å². The van der Waals surface area contributed by atoms with Crippen LogP contribution < -0.4 is 0 Å². The molecule has 2 atom stereocenters. The third-order valence-corrected chi connectivity index (χ3v) is 4.17. The van der Waals surface area contributed by atoms with Gasteiger partial charge in [-0.2, -0.15) is 0 Å². The van der Waals surface area contributed by atoms with E-state index < -0.39 is 0 Å². The molecule has 0 saturated carbocycles. The van der Waals surface area contributed by atoms with Crippen molar-refractivity contribution in [3.63, 3.8) is 0 Å². The van der Waals surface area contributed by atoms with Gasteiger partial charge in [-0.25, -0.2) is 0 Å². The average Bonchev–Trinajstić information content (AvgIpc) is 2.77. The summed E-state index contributed by atoms with van der Waals surface area (Å²) in [5.74, 6) is 1.41. The second-order valence-electron chi connectivity index (χ2n) is 4.30. The van der Waals surface area contributed by atoms with Crippen LogP contribution in [0.3, 0.4) is 0 Å². The Balaban J connectivity index is 2.26. The number of nitrogens with zero attached hydrogens (tertiary/aromatic N) is 1. The van der Waals surface area contributed by atoms with Crippen molar-refractivity contribution >= 4 is 17.7 Å². The van der Waals surface area contributed by atoms with Gasteiger partial charge in [0.2, 0.25) is 5.91 Å². The topological polar surface area (TPSA) is 40.5 Å². The lowest BCUT2D eigenvalue weighted by Gasteiger charge is -2.20. The summed E-state index contributed by atoms with van der Waals surface area (Å²) in [6.07, 6.45) is 2.30. The van der Waals surface area contributed by atoms with Crippen molar-refractivity contribution in [1.82, 2.24) is 4.90 Å². The Bertz CT molecular complexity index is 205. The first-order valence-corrected chi connectivity index (χ1v) is 6.71. The quantitative estimate of drug-likeness (QED) is 0.776. The fourth-order valence-electron chi connectivity index (χ4n) is 1.63. The summed E-state index contributed by atoms with van der Waals surface area (Å²) < 4.78 is 0. The summed E-state index contributed by atoms with van der Waals surface area (Å²) in [5.41, 5.74) is 0. The number of carbonyl (C=O) groups excluding carboxylic acids is 1. The minimum atomic E-state index is 0.0390. The molecule has 3 nitrogen and oxygen atoms in total. The molecular weight excluding hydrogens is 210 g/mol. The molecule has 4 heteroatoms. The molecule has 88 valence electrons. The van der Waals surface area contributed by atoms with Gasteiger partial charge in [-0.3, -0.25) is 4.79 Å². The first-order chi connectivity index (χ1) is 7.15. The standard InChI is InChI=1S/C11H21NO2S/c1-9(7-13)8-15-10(2)11(14)12-5-3-4-6-12/h9-10,13H,3-8H2,1-2H3. The zero-order valence-electron chi connectivity index (χ0n) is 9.61. The number of carbonyl (C=O) groups is 1. The van der Waals surface area contributed by atoms with E-state index in [2.05, 4.69) is 0 Å². The molecular formula is C11H21NO2S. The van der Waals surface area contributed by atoms with E-state index in [9.17, 15) is 4.79 Å². The van der Waals surface area contributed by atoms with Crippen molar-refractivity contribution < 1.29 is 9.90 Å². The van der Waals surface area contributed by atoms with Crippen LogP contribution in [0.25, 0.3) is 0 Å². The van der Waals surface area contributed by atoms with Gasteiger partial charge in [0.15, 0.2) is 0 Å². The zero-order valence-corrected chi connectivity index (χ0v) is 10.4. The molecule has 2 unspecified atom stereocenters. The van der Waals surface area contributed by atoms with E-state index in [0.717, 1.165) is 31.7 Å². The summed E-state index contributed by atoms with van der Waals surface area (Å²) in [6, 6.07) is 0. The van der Waals surface area contributed by atoms with E-state index in [0.29, 0.717) is 0 Å². The number of amides is 1. The Morgan fingerprint density at radius 2 is 2.00 bits per heavy atom. The fraction of sp³-hybridized carbons (Fsp3) is 0.909. The molecule has 0 aromatic heterocycles. The van der Waals surface area contributed by atoms with Gasteiger partial charge in [0.25, 0.3) is 0 Å². The van der Waals surface area contributed by atoms with Crippen LogP contribution in [0.1, 0.15) is 26.7 Å². The van der Waals surface area contributed by atoms with Crippen LogP contribution in [-0.4, -0.2) is 46.6 Å². The Kier molecular flexibility index (Phi) is 5.47. The Morgan fingerprint density at radius 1 is 1.40 bits per heavy atom. The largest absolute Gasteiger partial charge is 0.396 e. The number of hydrogen-bond donors (Lipinski definition) is 1. The monoisotopic (exact) mass is 231 g/mol. The Morgan fingerprint density at radius 3 is 2.53 bits per heavy atom. The summed E-state index contributed by atoms with van der Waals surface area (Å²) in [7, 11) is 0. The molecule has 0 aromatic rings. The lowest BCUT2D eigenvalue weighted by molar-refractivity contribution is -0.129. The molecule has 1 amide bonds. The second kappa shape index (κ2) is 6.38. The average molecular weight is 231 g/mol. The molecule has 0 bridgehead atoms. The molecule has 0 aliphatic carbocycles. The molecule has 15 heavy (non-hydrogen) atoms. The minimum absolute atomic E-state index is 0.0390. The van der Waals surface area contributed by atoms with E-state index in [1.54, 1.807) is 11.8 Å². The van der Waals surface area contributed by atoms with Crippen LogP contribution in [0.4, 0.5) is 0 Å². The van der Waals surface area contributed by atoms with Crippen LogP contribution >= 0.6 is 11.8 Å². The Hall–Kier alpha value is -0.220. The number of thioether (sulfide) groups is 1.